The summed E-state index contributed by atoms with van der Waals surface area (Å²) in [7, 11) is 1.69. The van der Waals surface area contributed by atoms with Crippen molar-refractivity contribution in [2.45, 2.75) is 20.3 Å². The highest BCUT2D eigenvalue weighted by Gasteiger charge is 2.16. The van der Waals surface area contributed by atoms with Gasteiger partial charge in [-0.2, -0.15) is 0 Å². The van der Waals surface area contributed by atoms with Crippen LogP contribution in [-0.2, 0) is 9.53 Å². The molecule has 0 radical (unpaired) electrons. The van der Waals surface area contributed by atoms with Crippen molar-refractivity contribution in [2.24, 2.45) is 11.1 Å². The molecule has 4 nitrogen and oxygen atoms in total. The van der Waals surface area contributed by atoms with Gasteiger partial charge in [-0.3, -0.25) is 4.79 Å². The monoisotopic (exact) mass is 188 g/mol. The van der Waals surface area contributed by atoms with Crippen molar-refractivity contribution < 1.29 is 9.53 Å². The number of ether oxygens (including phenoxy) is 1. The molecule has 0 aromatic carbocycles. The molecule has 0 heterocycles. The Hall–Kier alpha value is -0.610. The average molecular weight is 188 g/mol. The molecule has 4 heteroatoms. The van der Waals surface area contributed by atoms with Gasteiger partial charge in [0.1, 0.15) is 0 Å². The number of primary amides is 1. The van der Waals surface area contributed by atoms with Crippen LogP contribution in [0.4, 0.5) is 0 Å². The minimum atomic E-state index is -0.317. The van der Waals surface area contributed by atoms with Gasteiger partial charge in [-0.25, -0.2) is 0 Å². The zero-order valence-electron chi connectivity index (χ0n) is 8.72. The predicted molar refractivity (Wildman–Crippen MR) is 52.3 cm³/mol. The number of rotatable bonds is 7. The summed E-state index contributed by atoms with van der Waals surface area (Å²) < 4.78 is 4.99. The van der Waals surface area contributed by atoms with E-state index >= 15 is 0 Å². The Morgan fingerprint density at radius 3 is 2.62 bits per heavy atom. The summed E-state index contributed by atoms with van der Waals surface area (Å²) in [5, 5.41) is 3.00. The van der Waals surface area contributed by atoms with Crippen molar-refractivity contribution in [1.29, 1.82) is 0 Å². The second-order valence-corrected chi connectivity index (χ2v) is 3.98. The number of hydrogen-bond donors (Lipinski definition) is 2. The van der Waals surface area contributed by atoms with Crippen molar-refractivity contribution in [3.8, 4) is 0 Å². The summed E-state index contributed by atoms with van der Waals surface area (Å²) in [6.07, 6.45) is 0.968. The SMILES string of the molecule is COCCC(C)(C)CNCC(N)=O. The van der Waals surface area contributed by atoms with Crippen LogP contribution < -0.4 is 11.1 Å². The molecule has 0 aliphatic rings. The van der Waals surface area contributed by atoms with Gasteiger partial charge in [0.2, 0.25) is 5.91 Å². The van der Waals surface area contributed by atoms with E-state index in [2.05, 4.69) is 19.2 Å². The lowest BCUT2D eigenvalue weighted by atomic mass is 9.90. The first-order valence-electron chi connectivity index (χ1n) is 4.46. The average Bonchev–Trinajstić information content (AvgIpc) is 2.00. The molecule has 3 N–H and O–H groups in total. The Labute approximate surface area is 79.8 Å². The van der Waals surface area contributed by atoms with Gasteiger partial charge in [0.05, 0.1) is 6.54 Å². The highest BCUT2D eigenvalue weighted by atomic mass is 16.5. The second kappa shape index (κ2) is 5.94. The lowest BCUT2D eigenvalue weighted by Crippen LogP contribution is -2.36. The van der Waals surface area contributed by atoms with Crippen LogP contribution in [-0.4, -0.2) is 32.7 Å². The number of nitrogens with two attached hydrogens (primary N) is 1. The van der Waals surface area contributed by atoms with Crippen molar-refractivity contribution in [3.63, 3.8) is 0 Å². The molecule has 0 aromatic rings. The molecule has 0 saturated heterocycles. The maximum atomic E-state index is 10.4. The van der Waals surface area contributed by atoms with E-state index in [1.807, 2.05) is 0 Å². The van der Waals surface area contributed by atoms with E-state index in [4.69, 9.17) is 10.5 Å². The molecule has 0 bridgehead atoms. The molecule has 0 aliphatic carbocycles. The van der Waals surface area contributed by atoms with Crippen LogP contribution in [0.5, 0.6) is 0 Å². The van der Waals surface area contributed by atoms with Crippen molar-refractivity contribution >= 4 is 5.91 Å². The first-order chi connectivity index (χ1) is 5.98. The lowest BCUT2D eigenvalue weighted by molar-refractivity contribution is -0.117. The summed E-state index contributed by atoms with van der Waals surface area (Å²) in [5.41, 5.74) is 5.14. The fourth-order valence-electron chi connectivity index (χ4n) is 0.991. The van der Waals surface area contributed by atoms with E-state index in [0.29, 0.717) is 0 Å². The molecule has 13 heavy (non-hydrogen) atoms. The first-order valence-corrected chi connectivity index (χ1v) is 4.46. The van der Waals surface area contributed by atoms with Crippen LogP contribution in [0.3, 0.4) is 0 Å². The van der Waals surface area contributed by atoms with E-state index in [9.17, 15) is 4.79 Å². The van der Waals surface area contributed by atoms with Crippen LogP contribution in [0.25, 0.3) is 0 Å². The van der Waals surface area contributed by atoms with Crippen molar-refractivity contribution in [2.75, 3.05) is 26.8 Å². The molecule has 0 aliphatic heterocycles. The van der Waals surface area contributed by atoms with Crippen molar-refractivity contribution in [3.05, 3.63) is 0 Å². The molecule has 0 fully saturated rings. The fraction of sp³-hybridized carbons (Fsp3) is 0.889. The third-order valence-corrected chi connectivity index (χ3v) is 1.89. The molecule has 0 rings (SSSR count). The number of methoxy groups -OCH3 is 1. The molecular weight excluding hydrogens is 168 g/mol. The minimum Gasteiger partial charge on any atom is -0.385 e. The smallest absolute Gasteiger partial charge is 0.231 e. The van der Waals surface area contributed by atoms with Crippen LogP contribution in [0.15, 0.2) is 0 Å². The van der Waals surface area contributed by atoms with E-state index in [-0.39, 0.29) is 17.9 Å². The van der Waals surface area contributed by atoms with E-state index in [1.165, 1.54) is 0 Å². The summed E-state index contributed by atoms with van der Waals surface area (Å²) in [5.74, 6) is -0.317. The van der Waals surface area contributed by atoms with Crippen LogP contribution in [0, 0.1) is 5.41 Å². The molecule has 0 saturated carbocycles. The highest BCUT2D eigenvalue weighted by molar-refractivity contribution is 5.75. The molecular formula is C9H20N2O2. The van der Waals surface area contributed by atoms with Gasteiger partial charge >= 0.3 is 0 Å². The van der Waals surface area contributed by atoms with Gasteiger partial charge in [0.15, 0.2) is 0 Å². The topological polar surface area (TPSA) is 64.3 Å². The summed E-state index contributed by atoms with van der Waals surface area (Å²) >= 11 is 0. The number of nitrogens with one attached hydrogen (secondary N) is 1. The molecule has 0 atom stereocenters. The third kappa shape index (κ3) is 7.74. The standard InChI is InChI=1S/C9H20N2O2/c1-9(2,4-5-13-3)7-11-6-8(10)12/h11H,4-7H2,1-3H3,(H2,10,12). The summed E-state index contributed by atoms with van der Waals surface area (Å²) in [4.78, 5) is 10.4. The first kappa shape index (κ1) is 12.4. The largest absolute Gasteiger partial charge is 0.385 e. The van der Waals surface area contributed by atoms with Crippen LogP contribution in [0.2, 0.25) is 0 Å². The van der Waals surface area contributed by atoms with Gasteiger partial charge in [-0.15, -0.1) is 0 Å². The Morgan fingerprint density at radius 1 is 1.54 bits per heavy atom. The van der Waals surface area contributed by atoms with Crippen molar-refractivity contribution in [1.82, 2.24) is 5.32 Å². The normalized spacial score (nSPS) is 11.6. The Kier molecular flexibility index (Phi) is 5.66. The number of hydrogen-bond acceptors (Lipinski definition) is 3. The zero-order valence-corrected chi connectivity index (χ0v) is 8.72. The Bertz CT molecular complexity index is 158. The highest BCUT2D eigenvalue weighted by Crippen LogP contribution is 2.18. The summed E-state index contributed by atoms with van der Waals surface area (Å²) in [6.45, 7) is 6.01. The lowest BCUT2D eigenvalue weighted by Gasteiger charge is -2.24. The van der Waals surface area contributed by atoms with E-state index < -0.39 is 0 Å². The fourth-order valence-corrected chi connectivity index (χ4v) is 0.991. The van der Waals surface area contributed by atoms with Gasteiger partial charge in [0.25, 0.3) is 0 Å². The van der Waals surface area contributed by atoms with E-state index in [0.717, 1.165) is 19.6 Å². The Morgan fingerprint density at radius 2 is 2.15 bits per heavy atom. The van der Waals surface area contributed by atoms with E-state index in [1.54, 1.807) is 7.11 Å². The molecule has 0 unspecified atom stereocenters. The predicted octanol–water partition coefficient (Wildman–Crippen LogP) is 0.124. The maximum Gasteiger partial charge on any atom is 0.231 e. The van der Waals surface area contributed by atoms with Gasteiger partial charge in [-0.05, 0) is 11.8 Å². The molecule has 0 spiro atoms. The molecule has 0 aromatic heterocycles. The van der Waals surface area contributed by atoms with Gasteiger partial charge in [0, 0.05) is 20.3 Å². The second-order valence-electron chi connectivity index (χ2n) is 3.98. The molecule has 78 valence electrons. The quantitative estimate of drug-likeness (QED) is 0.596. The zero-order chi connectivity index (χ0) is 10.3. The number of carbonyl (C=O) groups excluding carboxylic acids is 1. The number of amides is 1. The molecule has 1 amide bonds. The van der Waals surface area contributed by atoms with Crippen LogP contribution >= 0.6 is 0 Å². The summed E-state index contributed by atoms with van der Waals surface area (Å²) in [6, 6.07) is 0. The maximum absolute atomic E-state index is 10.4. The minimum absolute atomic E-state index is 0.144. The number of carbonyl (C=O) groups is 1. The van der Waals surface area contributed by atoms with Gasteiger partial charge < -0.3 is 15.8 Å². The Balaban J connectivity index is 3.56. The van der Waals surface area contributed by atoms with Crippen LogP contribution in [0.1, 0.15) is 20.3 Å². The third-order valence-electron chi connectivity index (χ3n) is 1.89. The van der Waals surface area contributed by atoms with Gasteiger partial charge in [-0.1, -0.05) is 13.8 Å².